The van der Waals surface area contributed by atoms with Gasteiger partial charge in [-0.15, -0.1) is 6.58 Å². The topological polar surface area (TPSA) is 183 Å². The molecule has 14 atom stereocenters. The fourth-order valence-corrected chi connectivity index (χ4v) is 11.0. The van der Waals surface area contributed by atoms with Gasteiger partial charge in [0, 0.05) is 68.6 Å². The number of carbonyl (C=O) groups is 4. The summed E-state index contributed by atoms with van der Waals surface area (Å²) in [6.45, 7) is 16.1. The number of cyclic esters (lactones) is 1. The van der Waals surface area contributed by atoms with Gasteiger partial charge < -0.3 is 48.5 Å². The molecule has 4 aliphatic rings. The van der Waals surface area contributed by atoms with Crippen LogP contribution in [0.25, 0.3) is 10.9 Å². The lowest BCUT2D eigenvalue weighted by Crippen LogP contribution is -2.64. The molecule has 3 N–H and O–H groups in total. The van der Waals surface area contributed by atoms with Crippen molar-refractivity contribution < 1.29 is 58.2 Å². The van der Waals surface area contributed by atoms with Crippen LogP contribution in [-0.2, 0) is 44.7 Å². The van der Waals surface area contributed by atoms with Crippen molar-refractivity contribution in [3.05, 3.63) is 66.4 Å². The number of rotatable bonds is 9. The summed E-state index contributed by atoms with van der Waals surface area (Å²) >= 11 is 0. The van der Waals surface area contributed by atoms with Crippen molar-refractivity contribution in [2.45, 2.75) is 173 Å². The van der Waals surface area contributed by atoms with Crippen molar-refractivity contribution in [1.82, 2.24) is 9.47 Å². The minimum atomic E-state index is -2.53. The van der Waals surface area contributed by atoms with Gasteiger partial charge in [0.15, 0.2) is 0 Å². The number of nitrogens with zero attached hydrogens (tertiary/aromatic N) is 2. The van der Waals surface area contributed by atoms with Gasteiger partial charge in [-0.05, 0) is 127 Å². The zero-order chi connectivity index (χ0) is 48.7. The van der Waals surface area contributed by atoms with Crippen LogP contribution in [0.2, 0.25) is 0 Å². The van der Waals surface area contributed by atoms with Gasteiger partial charge in [0.2, 0.25) is 5.79 Å². The molecule has 370 valence electrons. The van der Waals surface area contributed by atoms with Crippen LogP contribution in [0.3, 0.4) is 0 Å². The number of benzene rings is 1. The van der Waals surface area contributed by atoms with Gasteiger partial charge in [0.25, 0.3) is 11.7 Å². The molecule has 3 aliphatic heterocycles. The third-order valence-corrected chi connectivity index (χ3v) is 14.9. The van der Waals surface area contributed by atoms with Gasteiger partial charge in [-0.3, -0.25) is 14.4 Å². The summed E-state index contributed by atoms with van der Waals surface area (Å²) in [4.78, 5) is 58.5. The second-order valence-electron chi connectivity index (χ2n) is 20.0. The average molecular weight is 933 g/mol. The van der Waals surface area contributed by atoms with Crippen LogP contribution in [0.4, 0.5) is 0 Å². The number of aryl methyl sites for hydroxylation is 1. The van der Waals surface area contributed by atoms with Crippen LogP contribution in [0.1, 0.15) is 112 Å². The second-order valence-corrected chi connectivity index (χ2v) is 20.0. The van der Waals surface area contributed by atoms with Gasteiger partial charge in [0.1, 0.15) is 35.9 Å². The van der Waals surface area contributed by atoms with E-state index in [2.05, 4.69) is 18.1 Å². The SMILES string of the molecule is C=CCC1/C=C(\C)CC(C)CC(OC)C2OC(O)(C(=O)C(=O)N3CCCCC3C(=O)OC(C(C)=CC3CCC(Oc4ccc5c(ccn5CC)c4)C(O)C3)C(C)C(O)CC1=O)C(C)CC2OC. The monoisotopic (exact) mass is 933 g/mol. The fourth-order valence-electron chi connectivity index (χ4n) is 11.0. The predicted molar refractivity (Wildman–Crippen MR) is 254 cm³/mol. The van der Waals surface area contributed by atoms with E-state index in [1.54, 1.807) is 19.9 Å². The number of ether oxygens (including phenoxy) is 5. The summed E-state index contributed by atoms with van der Waals surface area (Å²) in [5, 5.41) is 36.5. The van der Waals surface area contributed by atoms with Gasteiger partial charge in [-0.2, -0.15) is 0 Å². The first-order valence-corrected chi connectivity index (χ1v) is 24.5. The number of amides is 1. The van der Waals surface area contributed by atoms with Crippen LogP contribution in [0, 0.1) is 29.6 Å². The number of ketones is 2. The number of piperidine rings is 1. The number of hydrogen-bond donors (Lipinski definition) is 3. The van der Waals surface area contributed by atoms with E-state index in [1.165, 1.54) is 19.1 Å². The molecule has 6 rings (SSSR count). The normalized spacial score (nSPS) is 36.6. The number of esters is 1. The summed E-state index contributed by atoms with van der Waals surface area (Å²) < 4.78 is 32.9. The Morgan fingerprint density at radius 2 is 1.67 bits per heavy atom. The smallest absolute Gasteiger partial charge is 0.329 e. The highest BCUT2D eigenvalue weighted by Crippen LogP contribution is 2.40. The highest BCUT2D eigenvalue weighted by atomic mass is 16.7. The molecule has 14 unspecified atom stereocenters. The van der Waals surface area contributed by atoms with Crippen LogP contribution in [0.5, 0.6) is 5.75 Å². The van der Waals surface area contributed by atoms with Crippen LogP contribution < -0.4 is 4.74 Å². The molecule has 2 aromatic rings. The first-order valence-electron chi connectivity index (χ1n) is 24.5. The van der Waals surface area contributed by atoms with E-state index in [9.17, 15) is 34.5 Å². The van der Waals surface area contributed by atoms with Crippen molar-refractivity contribution in [3.8, 4) is 5.75 Å². The Labute approximate surface area is 396 Å². The van der Waals surface area contributed by atoms with Gasteiger partial charge >= 0.3 is 5.97 Å². The Morgan fingerprint density at radius 1 is 0.940 bits per heavy atom. The average Bonchev–Trinajstić information content (AvgIpc) is 3.72. The predicted octanol–water partition coefficient (Wildman–Crippen LogP) is 7.05. The molecule has 1 aromatic heterocycles. The van der Waals surface area contributed by atoms with Crippen molar-refractivity contribution in [2.24, 2.45) is 29.6 Å². The maximum Gasteiger partial charge on any atom is 0.329 e. The standard InChI is InChI=1S/C53H76N2O12/c1-10-14-38-24-31(3)23-32(4)25-46(63-8)49-47(64-9)27-34(6)53(62,67-49)50(59)51(60)55-21-13-12-15-41(55)52(61)66-48(35(7)42(56)30-43(38)57)33(5)26-36-16-19-45(44(58)28-36)65-39-17-18-40-37(29-39)20-22-54(40)11-2/h10,17-18,20,22,24,26,29,32,34-36,38,41-42,44-49,56,58,62H,1,11-16,19,21,23,25,27-28,30H2,2-9H3/b31-24+,33-26?. The first kappa shape index (κ1) is 52.2. The Bertz CT molecular complexity index is 2130. The summed E-state index contributed by atoms with van der Waals surface area (Å²) in [6, 6.07) is 6.82. The fraction of sp³-hybridized carbons (Fsp3) is 0.660. The molecule has 3 fully saturated rings. The lowest BCUT2D eigenvalue weighted by Gasteiger charge is -2.47. The van der Waals surface area contributed by atoms with E-state index in [1.807, 2.05) is 63.4 Å². The Hall–Kier alpha value is -4.18. The number of methoxy groups -OCH3 is 2. The van der Waals surface area contributed by atoms with E-state index in [4.69, 9.17) is 23.7 Å². The van der Waals surface area contributed by atoms with E-state index in [-0.39, 0.29) is 43.4 Å². The second kappa shape index (κ2) is 23.0. The zero-order valence-corrected chi connectivity index (χ0v) is 40.9. The number of carbonyl (C=O) groups excluding carboxylic acids is 4. The molecular weight excluding hydrogens is 857 g/mol. The molecular formula is C53H76N2O12. The summed E-state index contributed by atoms with van der Waals surface area (Å²) in [5.41, 5.74) is 2.68. The Kier molecular flexibility index (Phi) is 17.9. The zero-order valence-electron chi connectivity index (χ0n) is 40.9. The molecule has 14 nitrogen and oxygen atoms in total. The minimum Gasteiger partial charge on any atom is -0.488 e. The molecule has 67 heavy (non-hydrogen) atoms. The molecule has 0 radical (unpaired) electrons. The van der Waals surface area contributed by atoms with Gasteiger partial charge in [0.05, 0.1) is 24.4 Å². The van der Waals surface area contributed by atoms with Gasteiger partial charge in [-0.25, -0.2) is 4.79 Å². The maximum absolute atomic E-state index is 14.5. The molecule has 0 spiro atoms. The van der Waals surface area contributed by atoms with E-state index < -0.39 is 90.0 Å². The molecule has 14 heteroatoms. The Balaban J connectivity index is 1.30. The largest absolute Gasteiger partial charge is 0.488 e. The molecule has 1 aliphatic carbocycles. The highest BCUT2D eigenvalue weighted by Gasteiger charge is 2.56. The number of hydrogen-bond acceptors (Lipinski definition) is 12. The van der Waals surface area contributed by atoms with E-state index in [0.717, 1.165) is 23.0 Å². The quantitative estimate of drug-likeness (QED) is 0.133. The molecule has 2 saturated heterocycles. The third kappa shape index (κ3) is 12.0. The number of aliphatic hydroxyl groups excluding tert-OH is 2. The van der Waals surface area contributed by atoms with Crippen LogP contribution >= 0.6 is 0 Å². The van der Waals surface area contributed by atoms with Crippen molar-refractivity contribution in [2.75, 3.05) is 20.8 Å². The maximum atomic E-state index is 14.5. The molecule has 1 saturated carbocycles. The number of Topliss-reactive ketones (excluding diaryl/α,β-unsaturated/α-hetero) is 2. The van der Waals surface area contributed by atoms with Crippen LogP contribution in [-0.4, -0.2) is 124 Å². The lowest BCUT2D eigenvalue weighted by atomic mass is 9.81. The van der Waals surface area contributed by atoms with E-state index in [0.29, 0.717) is 62.7 Å². The number of aromatic nitrogens is 1. The van der Waals surface area contributed by atoms with Crippen molar-refractivity contribution in [3.63, 3.8) is 0 Å². The number of fused-ring (bicyclic) bond motifs is 4. The molecule has 4 heterocycles. The number of aliphatic hydroxyl groups is 3. The van der Waals surface area contributed by atoms with Crippen LogP contribution in [0.15, 0.2) is 66.4 Å². The minimum absolute atomic E-state index is 0.00264. The van der Waals surface area contributed by atoms with Gasteiger partial charge in [-0.1, -0.05) is 44.6 Å². The summed E-state index contributed by atoms with van der Waals surface area (Å²) in [7, 11) is 3.06. The van der Waals surface area contributed by atoms with Crippen molar-refractivity contribution in [1.29, 1.82) is 0 Å². The third-order valence-electron chi connectivity index (χ3n) is 14.9. The number of allylic oxidation sites excluding steroid dienone is 4. The first-order chi connectivity index (χ1) is 31.9. The highest BCUT2D eigenvalue weighted by molar-refractivity contribution is 6.39. The summed E-state index contributed by atoms with van der Waals surface area (Å²) in [6.07, 6.45) is 6.36. The lowest BCUT2D eigenvalue weighted by molar-refractivity contribution is -0.302. The summed E-state index contributed by atoms with van der Waals surface area (Å²) in [5.74, 6) is -7.33. The molecule has 1 aromatic carbocycles. The van der Waals surface area contributed by atoms with E-state index >= 15 is 0 Å². The Morgan fingerprint density at radius 3 is 2.36 bits per heavy atom. The molecule has 2 bridgehead atoms. The van der Waals surface area contributed by atoms with Crippen molar-refractivity contribution >= 4 is 34.3 Å². The molecule has 1 amide bonds.